The Kier molecular flexibility index (Phi) is 3.68. The van der Waals surface area contributed by atoms with Gasteiger partial charge in [-0.25, -0.2) is 0 Å². The van der Waals surface area contributed by atoms with Crippen molar-refractivity contribution in [2.75, 3.05) is 11.1 Å². The summed E-state index contributed by atoms with van der Waals surface area (Å²) >= 11 is 5.67. The van der Waals surface area contributed by atoms with E-state index in [1.807, 2.05) is 0 Å². The van der Waals surface area contributed by atoms with Crippen LogP contribution in [0.5, 0.6) is 0 Å². The molecule has 84 valence electrons. The van der Waals surface area contributed by atoms with Gasteiger partial charge in [-0.05, 0) is 31.9 Å². The molecule has 3 N–H and O–H groups in total. The zero-order valence-electron chi connectivity index (χ0n) is 9.21. The summed E-state index contributed by atoms with van der Waals surface area (Å²) < 4.78 is 0. The lowest BCUT2D eigenvalue weighted by atomic mass is 9.99. The van der Waals surface area contributed by atoms with Gasteiger partial charge in [0.25, 0.3) is 0 Å². The number of aromatic nitrogens is 3. The monoisotopic (exact) mass is 229 g/mol. The third kappa shape index (κ3) is 3.87. The van der Waals surface area contributed by atoms with E-state index in [1.54, 1.807) is 0 Å². The highest BCUT2D eigenvalue weighted by atomic mass is 35.5. The van der Waals surface area contributed by atoms with E-state index in [1.165, 1.54) is 0 Å². The smallest absolute Gasteiger partial charge is 0.229 e. The number of hydrogen-bond acceptors (Lipinski definition) is 5. The van der Waals surface area contributed by atoms with Crippen molar-refractivity contribution >= 4 is 23.5 Å². The maximum Gasteiger partial charge on any atom is 0.229 e. The summed E-state index contributed by atoms with van der Waals surface area (Å²) in [4.78, 5) is 11.6. The summed E-state index contributed by atoms with van der Waals surface area (Å²) in [6.45, 7) is 6.27. The Bertz CT molecular complexity index is 319. The molecule has 0 unspecified atom stereocenters. The van der Waals surface area contributed by atoms with Gasteiger partial charge in [0.1, 0.15) is 0 Å². The van der Waals surface area contributed by atoms with Crippen molar-refractivity contribution in [1.82, 2.24) is 15.0 Å². The van der Waals surface area contributed by atoms with E-state index in [0.717, 1.165) is 12.8 Å². The van der Waals surface area contributed by atoms with Crippen LogP contribution in [0.15, 0.2) is 0 Å². The fourth-order valence-corrected chi connectivity index (χ4v) is 1.58. The van der Waals surface area contributed by atoms with Crippen LogP contribution in [-0.4, -0.2) is 20.5 Å². The third-order valence-electron chi connectivity index (χ3n) is 1.95. The molecule has 0 atom stereocenters. The van der Waals surface area contributed by atoms with E-state index in [9.17, 15) is 0 Å². The number of hydrogen-bond donors (Lipinski definition) is 2. The zero-order valence-corrected chi connectivity index (χ0v) is 9.97. The summed E-state index contributed by atoms with van der Waals surface area (Å²) in [6.07, 6.45) is 2.09. The van der Waals surface area contributed by atoms with Gasteiger partial charge in [-0.2, -0.15) is 15.0 Å². The molecule has 0 aliphatic heterocycles. The number of nitrogens with zero attached hydrogens (tertiary/aromatic N) is 3. The lowest BCUT2D eigenvalue weighted by Crippen LogP contribution is -2.31. The van der Waals surface area contributed by atoms with Crippen LogP contribution in [0.2, 0.25) is 5.28 Å². The lowest BCUT2D eigenvalue weighted by Gasteiger charge is -2.25. The second-order valence-electron chi connectivity index (χ2n) is 4.05. The lowest BCUT2D eigenvalue weighted by molar-refractivity contribution is 0.506. The molecule has 0 aliphatic rings. The Morgan fingerprint density at radius 2 is 2.00 bits per heavy atom. The number of anilines is 2. The second-order valence-corrected chi connectivity index (χ2v) is 4.38. The molecule has 5 nitrogen and oxygen atoms in total. The third-order valence-corrected chi connectivity index (χ3v) is 2.12. The highest BCUT2D eigenvalue weighted by Gasteiger charge is 2.17. The summed E-state index contributed by atoms with van der Waals surface area (Å²) in [5.41, 5.74) is 5.39. The second kappa shape index (κ2) is 4.61. The first kappa shape index (κ1) is 12.0. The highest BCUT2D eigenvalue weighted by molar-refractivity contribution is 6.28. The number of halogens is 1. The minimum atomic E-state index is -0.0775. The molecule has 0 fully saturated rings. The van der Waals surface area contributed by atoms with Gasteiger partial charge in [0, 0.05) is 5.54 Å². The Labute approximate surface area is 94.5 Å². The molecule has 6 heteroatoms. The topological polar surface area (TPSA) is 76.7 Å². The van der Waals surface area contributed by atoms with Gasteiger partial charge in [-0.15, -0.1) is 0 Å². The van der Waals surface area contributed by atoms with Gasteiger partial charge in [0.2, 0.25) is 17.2 Å². The molecule has 0 saturated heterocycles. The minimum absolute atomic E-state index is 0.0775. The Balaban J connectivity index is 2.80. The van der Waals surface area contributed by atoms with E-state index >= 15 is 0 Å². The minimum Gasteiger partial charge on any atom is -0.368 e. The van der Waals surface area contributed by atoms with Crippen LogP contribution in [0.4, 0.5) is 11.9 Å². The van der Waals surface area contributed by atoms with Crippen molar-refractivity contribution in [3.63, 3.8) is 0 Å². The van der Waals surface area contributed by atoms with Crippen LogP contribution in [-0.2, 0) is 0 Å². The van der Waals surface area contributed by atoms with Gasteiger partial charge >= 0.3 is 0 Å². The summed E-state index contributed by atoms with van der Waals surface area (Å²) in [5.74, 6) is 0.552. The van der Waals surface area contributed by atoms with Crippen molar-refractivity contribution in [2.24, 2.45) is 0 Å². The Morgan fingerprint density at radius 1 is 1.33 bits per heavy atom. The summed E-state index contributed by atoms with van der Waals surface area (Å²) in [5, 5.41) is 3.28. The summed E-state index contributed by atoms with van der Waals surface area (Å²) in [7, 11) is 0. The first-order chi connectivity index (χ1) is 6.93. The van der Waals surface area contributed by atoms with Crippen molar-refractivity contribution in [1.29, 1.82) is 0 Å². The van der Waals surface area contributed by atoms with Crippen molar-refractivity contribution < 1.29 is 0 Å². The molecular formula is C9H16ClN5. The van der Waals surface area contributed by atoms with Crippen LogP contribution in [0.1, 0.15) is 33.6 Å². The van der Waals surface area contributed by atoms with Crippen LogP contribution in [0.3, 0.4) is 0 Å². The molecule has 15 heavy (non-hydrogen) atoms. The largest absolute Gasteiger partial charge is 0.368 e. The molecule has 1 rings (SSSR count). The predicted molar refractivity (Wildman–Crippen MR) is 61.9 cm³/mol. The number of rotatable bonds is 4. The van der Waals surface area contributed by atoms with Gasteiger partial charge in [0.05, 0.1) is 0 Å². The normalized spacial score (nSPS) is 11.5. The zero-order chi connectivity index (χ0) is 11.5. The molecule has 1 heterocycles. The van der Waals surface area contributed by atoms with Gasteiger partial charge in [0.15, 0.2) is 0 Å². The maximum atomic E-state index is 5.67. The average Bonchev–Trinajstić information content (AvgIpc) is 1.99. The Hall–Kier alpha value is -1.10. The molecule has 0 radical (unpaired) electrons. The van der Waals surface area contributed by atoms with Crippen molar-refractivity contribution in [2.45, 2.75) is 39.2 Å². The van der Waals surface area contributed by atoms with Crippen LogP contribution >= 0.6 is 11.6 Å². The summed E-state index contributed by atoms with van der Waals surface area (Å²) in [6, 6.07) is 0. The molecule has 0 saturated carbocycles. The van der Waals surface area contributed by atoms with E-state index in [0.29, 0.717) is 5.95 Å². The number of nitrogens with two attached hydrogens (primary N) is 1. The molecule has 1 aromatic heterocycles. The van der Waals surface area contributed by atoms with Crippen LogP contribution < -0.4 is 11.1 Å². The predicted octanol–water partition coefficient (Wildman–Crippen LogP) is 2.10. The first-order valence-corrected chi connectivity index (χ1v) is 5.26. The SMILES string of the molecule is CCCC(C)(C)Nc1nc(N)nc(Cl)n1. The van der Waals surface area contributed by atoms with Gasteiger partial charge in [-0.3, -0.25) is 0 Å². The molecule has 0 spiro atoms. The maximum absolute atomic E-state index is 5.67. The highest BCUT2D eigenvalue weighted by Crippen LogP contribution is 2.17. The van der Waals surface area contributed by atoms with E-state index in [2.05, 4.69) is 41.0 Å². The van der Waals surface area contributed by atoms with E-state index in [-0.39, 0.29) is 16.8 Å². The molecule has 0 aromatic carbocycles. The average molecular weight is 230 g/mol. The van der Waals surface area contributed by atoms with Crippen molar-refractivity contribution in [3.8, 4) is 0 Å². The molecule has 0 amide bonds. The Morgan fingerprint density at radius 3 is 2.53 bits per heavy atom. The van der Waals surface area contributed by atoms with Crippen LogP contribution in [0, 0.1) is 0 Å². The van der Waals surface area contributed by atoms with Crippen molar-refractivity contribution in [3.05, 3.63) is 5.28 Å². The van der Waals surface area contributed by atoms with Gasteiger partial charge < -0.3 is 11.1 Å². The standard InChI is InChI=1S/C9H16ClN5/c1-4-5-9(2,3)15-8-13-6(10)12-7(11)14-8/h4-5H2,1-3H3,(H3,11,12,13,14,15). The molecular weight excluding hydrogens is 214 g/mol. The quantitative estimate of drug-likeness (QED) is 0.827. The first-order valence-electron chi connectivity index (χ1n) is 4.88. The van der Waals surface area contributed by atoms with Gasteiger partial charge in [-0.1, -0.05) is 13.3 Å². The molecule has 0 aliphatic carbocycles. The number of nitrogens with one attached hydrogen (secondary N) is 1. The van der Waals surface area contributed by atoms with Crippen LogP contribution in [0.25, 0.3) is 0 Å². The molecule has 0 bridgehead atoms. The molecule has 1 aromatic rings. The van der Waals surface area contributed by atoms with E-state index in [4.69, 9.17) is 17.3 Å². The number of nitrogen functional groups attached to an aromatic ring is 1. The fraction of sp³-hybridized carbons (Fsp3) is 0.667. The van der Waals surface area contributed by atoms with E-state index < -0.39 is 0 Å². The fourth-order valence-electron chi connectivity index (χ4n) is 1.41.